The third kappa shape index (κ3) is 12.9. The van der Waals surface area contributed by atoms with Crippen molar-refractivity contribution in [3.8, 4) is 0 Å². The van der Waals surface area contributed by atoms with Crippen molar-refractivity contribution in [2.24, 2.45) is 0 Å². The standard InChI is InChI=1S/4C4H9.2S.Sn/c4*1-3-4-2;;;/h4*1,3-4H2,2H3;;;/q;;;;2*-2;+4. The Hall–Kier alpha value is 1.50. The van der Waals surface area contributed by atoms with E-state index in [4.69, 9.17) is 0 Å². The van der Waals surface area contributed by atoms with Crippen molar-refractivity contribution in [2.75, 3.05) is 0 Å². The average Bonchev–Trinajstić information content (AvgIpc) is 2.37. The van der Waals surface area contributed by atoms with Gasteiger partial charge in [0.15, 0.2) is 0 Å². The van der Waals surface area contributed by atoms with Crippen LogP contribution in [-0.2, 0) is 27.0 Å². The predicted molar refractivity (Wildman–Crippen MR) is 99.3 cm³/mol. The number of hydrogen-bond acceptors (Lipinski definition) is 0. The van der Waals surface area contributed by atoms with Crippen LogP contribution in [0.5, 0.6) is 0 Å². The van der Waals surface area contributed by atoms with Gasteiger partial charge in [-0.05, 0) is 0 Å². The molecule has 0 N–H and O–H groups in total. The molecular weight excluding hydrogens is 375 g/mol. The summed E-state index contributed by atoms with van der Waals surface area (Å²) >= 11 is -1.69. The van der Waals surface area contributed by atoms with Gasteiger partial charge in [0.25, 0.3) is 0 Å². The molecular formula is C16H36S2Sn. The van der Waals surface area contributed by atoms with Gasteiger partial charge in [0, 0.05) is 0 Å². The maximum absolute atomic E-state index is 2.37. The molecule has 116 valence electrons. The second-order valence-electron chi connectivity index (χ2n) is 5.91. The van der Waals surface area contributed by atoms with E-state index < -0.39 is 18.4 Å². The van der Waals surface area contributed by atoms with Crippen LogP contribution in [0.25, 0.3) is 0 Å². The summed E-state index contributed by atoms with van der Waals surface area (Å²) in [5.74, 6) is 0. The van der Waals surface area contributed by atoms with Crippen molar-refractivity contribution in [2.45, 2.75) is 96.8 Å². The minimum Gasteiger partial charge on any atom is -2.00 e. The van der Waals surface area contributed by atoms with Crippen LogP contribution in [0.1, 0.15) is 79.1 Å². The molecule has 0 spiro atoms. The zero-order valence-electron chi connectivity index (χ0n) is 13.8. The van der Waals surface area contributed by atoms with E-state index in [9.17, 15) is 0 Å². The molecule has 0 unspecified atom stereocenters. The maximum Gasteiger partial charge on any atom is -2.00 e. The van der Waals surface area contributed by atoms with Crippen molar-refractivity contribution in [3.63, 3.8) is 0 Å². The Morgan fingerprint density at radius 1 is 0.474 bits per heavy atom. The molecule has 0 saturated heterocycles. The Bertz CT molecular complexity index is 125. The minimum atomic E-state index is -1.69. The molecule has 0 aromatic rings. The molecule has 0 aromatic carbocycles. The molecule has 0 atom stereocenters. The molecule has 0 aliphatic rings. The van der Waals surface area contributed by atoms with Crippen LogP contribution in [-0.4, -0.2) is 18.4 Å². The van der Waals surface area contributed by atoms with Gasteiger partial charge < -0.3 is 27.0 Å². The molecule has 0 aliphatic carbocycles. The molecule has 0 rings (SSSR count). The van der Waals surface area contributed by atoms with E-state index in [0.717, 1.165) is 0 Å². The zero-order chi connectivity index (χ0) is 13.0. The first-order valence-corrected chi connectivity index (χ1v) is 16.3. The van der Waals surface area contributed by atoms with Crippen molar-refractivity contribution >= 4 is 45.4 Å². The molecule has 3 heteroatoms. The molecule has 0 aliphatic heterocycles. The van der Waals surface area contributed by atoms with Gasteiger partial charge in [-0.3, -0.25) is 0 Å². The summed E-state index contributed by atoms with van der Waals surface area (Å²) in [6.45, 7) is 9.48. The summed E-state index contributed by atoms with van der Waals surface area (Å²) in [6.07, 6.45) is 11.8. The van der Waals surface area contributed by atoms with Crippen LogP contribution < -0.4 is 0 Å². The topological polar surface area (TPSA) is 0 Å². The molecule has 0 heterocycles. The van der Waals surface area contributed by atoms with E-state index >= 15 is 0 Å². The molecule has 19 heavy (non-hydrogen) atoms. The van der Waals surface area contributed by atoms with Crippen LogP contribution >= 0.6 is 0 Å². The Labute approximate surface area is 141 Å². The Balaban J connectivity index is -0.00000128. The van der Waals surface area contributed by atoms with E-state index in [1.807, 2.05) is 0 Å². The number of rotatable bonds is 12. The first-order chi connectivity index (χ1) is 8.24. The Morgan fingerprint density at radius 2 is 0.684 bits per heavy atom. The van der Waals surface area contributed by atoms with E-state index in [-0.39, 0.29) is 27.0 Å². The van der Waals surface area contributed by atoms with E-state index in [1.165, 1.54) is 51.4 Å². The first-order valence-electron chi connectivity index (χ1n) is 8.24. The summed E-state index contributed by atoms with van der Waals surface area (Å²) < 4.78 is 6.80. The fourth-order valence-electron chi connectivity index (χ4n) is 2.96. The third-order valence-corrected chi connectivity index (χ3v) is 20.4. The van der Waals surface area contributed by atoms with Gasteiger partial charge in [0.1, 0.15) is 0 Å². The van der Waals surface area contributed by atoms with Crippen molar-refractivity contribution in [3.05, 3.63) is 0 Å². The number of unbranched alkanes of at least 4 members (excludes halogenated alkanes) is 4. The van der Waals surface area contributed by atoms with Crippen molar-refractivity contribution in [1.29, 1.82) is 0 Å². The summed E-state index contributed by atoms with van der Waals surface area (Å²) in [5.41, 5.74) is 0. The third-order valence-electron chi connectivity index (χ3n) is 4.24. The fraction of sp³-hybridized carbons (Fsp3) is 1.00. The summed E-state index contributed by atoms with van der Waals surface area (Å²) in [7, 11) is 0. The molecule has 4 radical (unpaired) electrons. The SMILES string of the molecule is CCC[CH2][Sn+4]([CH2]CCC)([CH2]CCC)[CH2]CCC.[S-2].[S-2]. The minimum absolute atomic E-state index is 0. The summed E-state index contributed by atoms with van der Waals surface area (Å²) in [6, 6.07) is 0. The summed E-state index contributed by atoms with van der Waals surface area (Å²) in [5, 5.41) is 0. The molecule has 0 aromatic heterocycles. The van der Waals surface area contributed by atoms with Gasteiger partial charge >= 0.3 is 115 Å². The zero-order valence-corrected chi connectivity index (χ0v) is 18.3. The number of hydrogen-bond donors (Lipinski definition) is 0. The van der Waals surface area contributed by atoms with E-state index in [1.54, 1.807) is 17.7 Å². The summed E-state index contributed by atoms with van der Waals surface area (Å²) in [4.78, 5) is 0. The van der Waals surface area contributed by atoms with Crippen LogP contribution in [0, 0.1) is 0 Å². The Morgan fingerprint density at radius 3 is 0.842 bits per heavy atom. The molecule has 0 nitrogen and oxygen atoms in total. The van der Waals surface area contributed by atoms with E-state index in [0.29, 0.717) is 0 Å². The van der Waals surface area contributed by atoms with Crippen LogP contribution in [0.2, 0.25) is 17.7 Å². The van der Waals surface area contributed by atoms with Crippen LogP contribution in [0.4, 0.5) is 0 Å². The molecule has 0 bridgehead atoms. The fourth-order valence-corrected chi connectivity index (χ4v) is 19.8. The monoisotopic (exact) mass is 412 g/mol. The van der Waals surface area contributed by atoms with Gasteiger partial charge in [-0.15, -0.1) is 0 Å². The Kier molecular flexibility index (Phi) is 23.5. The largest absolute Gasteiger partial charge is 2.00 e. The van der Waals surface area contributed by atoms with Crippen molar-refractivity contribution in [1.82, 2.24) is 0 Å². The quantitative estimate of drug-likeness (QED) is 0.316. The van der Waals surface area contributed by atoms with Gasteiger partial charge in [0.05, 0.1) is 0 Å². The normalized spacial score (nSPS) is 10.7. The van der Waals surface area contributed by atoms with Gasteiger partial charge in [0.2, 0.25) is 0 Å². The van der Waals surface area contributed by atoms with Gasteiger partial charge in [-0.1, -0.05) is 0 Å². The molecule has 0 saturated carbocycles. The van der Waals surface area contributed by atoms with Gasteiger partial charge in [-0.2, -0.15) is 0 Å². The molecule has 0 fully saturated rings. The van der Waals surface area contributed by atoms with Crippen LogP contribution in [0.3, 0.4) is 0 Å². The maximum atomic E-state index is 2.37. The van der Waals surface area contributed by atoms with Gasteiger partial charge in [-0.25, -0.2) is 0 Å². The predicted octanol–water partition coefficient (Wildman–Crippen LogP) is 6.63. The van der Waals surface area contributed by atoms with Crippen molar-refractivity contribution < 1.29 is 0 Å². The van der Waals surface area contributed by atoms with Crippen LogP contribution in [0.15, 0.2) is 0 Å². The first kappa shape index (κ1) is 25.5. The molecule has 0 amide bonds. The second kappa shape index (κ2) is 17.5. The second-order valence-corrected chi connectivity index (χ2v) is 20.2. The average molecular weight is 411 g/mol. The van der Waals surface area contributed by atoms with E-state index in [2.05, 4.69) is 27.7 Å². The smallest absolute Gasteiger partial charge is 2.00 e.